The molecular formula is C15H20N4. The van der Waals surface area contributed by atoms with Crippen molar-refractivity contribution in [2.45, 2.75) is 32.9 Å². The monoisotopic (exact) mass is 256 g/mol. The summed E-state index contributed by atoms with van der Waals surface area (Å²) >= 11 is 0. The summed E-state index contributed by atoms with van der Waals surface area (Å²) in [5, 5.41) is 4.55. The van der Waals surface area contributed by atoms with Gasteiger partial charge in [-0.1, -0.05) is 18.2 Å². The van der Waals surface area contributed by atoms with Crippen molar-refractivity contribution in [1.29, 1.82) is 0 Å². The standard InChI is InChI=1S/C15H20N4/c1-2-19-15(16)10-13(17-19)11-18-9-5-7-12-6-3-4-8-14(12)18/h3-4,6,8,10H,2,5,7,9,11,16H2,1H3. The molecule has 1 aliphatic heterocycles. The zero-order valence-corrected chi connectivity index (χ0v) is 11.3. The van der Waals surface area contributed by atoms with E-state index in [0.29, 0.717) is 0 Å². The van der Waals surface area contributed by atoms with E-state index in [2.05, 4.69) is 41.2 Å². The van der Waals surface area contributed by atoms with E-state index in [1.165, 1.54) is 24.1 Å². The maximum atomic E-state index is 5.93. The van der Waals surface area contributed by atoms with Gasteiger partial charge in [0.05, 0.1) is 12.2 Å². The van der Waals surface area contributed by atoms with Gasteiger partial charge in [0.1, 0.15) is 5.82 Å². The predicted molar refractivity (Wildman–Crippen MR) is 78.1 cm³/mol. The zero-order chi connectivity index (χ0) is 13.2. The highest BCUT2D eigenvalue weighted by atomic mass is 15.3. The number of hydrogen-bond donors (Lipinski definition) is 1. The molecule has 4 heteroatoms. The summed E-state index contributed by atoms with van der Waals surface area (Å²) in [6.07, 6.45) is 2.39. The van der Waals surface area contributed by atoms with Gasteiger partial charge in [0.2, 0.25) is 0 Å². The molecule has 0 spiro atoms. The third-order valence-electron chi connectivity index (χ3n) is 3.72. The van der Waals surface area contributed by atoms with Crippen molar-refractivity contribution in [2.75, 3.05) is 17.2 Å². The van der Waals surface area contributed by atoms with Gasteiger partial charge in [0.15, 0.2) is 0 Å². The summed E-state index contributed by atoms with van der Waals surface area (Å²) in [6.45, 7) is 4.82. The molecule has 1 aromatic carbocycles. The summed E-state index contributed by atoms with van der Waals surface area (Å²) < 4.78 is 1.85. The van der Waals surface area contributed by atoms with Crippen molar-refractivity contribution < 1.29 is 0 Å². The van der Waals surface area contributed by atoms with Crippen LogP contribution >= 0.6 is 0 Å². The fourth-order valence-electron chi connectivity index (χ4n) is 2.79. The van der Waals surface area contributed by atoms with Crippen LogP contribution in [0, 0.1) is 0 Å². The normalized spacial score (nSPS) is 14.5. The summed E-state index contributed by atoms with van der Waals surface area (Å²) in [7, 11) is 0. The zero-order valence-electron chi connectivity index (χ0n) is 11.3. The first kappa shape index (κ1) is 12.1. The Bertz CT molecular complexity index is 573. The molecular weight excluding hydrogens is 236 g/mol. The first-order valence-corrected chi connectivity index (χ1v) is 6.93. The number of para-hydroxylation sites is 1. The van der Waals surface area contributed by atoms with Gasteiger partial charge in [-0.15, -0.1) is 0 Å². The smallest absolute Gasteiger partial charge is 0.121 e. The molecule has 100 valence electrons. The van der Waals surface area contributed by atoms with Crippen LogP contribution in [-0.2, 0) is 19.5 Å². The van der Waals surface area contributed by atoms with Gasteiger partial charge in [0.25, 0.3) is 0 Å². The largest absolute Gasteiger partial charge is 0.384 e. The quantitative estimate of drug-likeness (QED) is 0.917. The van der Waals surface area contributed by atoms with Crippen LogP contribution in [0.5, 0.6) is 0 Å². The Morgan fingerprint density at radius 2 is 2.16 bits per heavy atom. The molecule has 0 fully saturated rings. The van der Waals surface area contributed by atoms with E-state index < -0.39 is 0 Å². The Labute approximate surface area is 113 Å². The van der Waals surface area contributed by atoms with Gasteiger partial charge in [-0.3, -0.25) is 4.68 Å². The molecule has 19 heavy (non-hydrogen) atoms. The molecule has 0 amide bonds. The Kier molecular flexibility index (Phi) is 3.15. The molecule has 4 nitrogen and oxygen atoms in total. The second kappa shape index (κ2) is 4.96. The van der Waals surface area contributed by atoms with Crippen molar-refractivity contribution in [3.8, 4) is 0 Å². The molecule has 2 aromatic rings. The third kappa shape index (κ3) is 2.30. The Hall–Kier alpha value is -1.97. The maximum Gasteiger partial charge on any atom is 0.121 e. The summed E-state index contributed by atoms with van der Waals surface area (Å²) in [5.41, 5.74) is 9.77. The average molecular weight is 256 g/mol. The second-order valence-corrected chi connectivity index (χ2v) is 5.03. The molecule has 1 aromatic heterocycles. The first-order valence-electron chi connectivity index (χ1n) is 6.93. The predicted octanol–water partition coefficient (Wildman–Crippen LogP) is 2.44. The van der Waals surface area contributed by atoms with Gasteiger partial charge in [-0.2, -0.15) is 5.10 Å². The molecule has 2 heterocycles. The number of nitrogens with zero attached hydrogens (tertiary/aromatic N) is 3. The van der Waals surface area contributed by atoms with E-state index in [-0.39, 0.29) is 0 Å². The Balaban J connectivity index is 1.84. The summed E-state index contributed by atoms with van der Waals surface area (Å²) in [5.74, 6) is 0.753. The minimum absolute atomic E-state index is 0.753. The fraction of sp³-hybridized carbons (Fsp3) is 0.400. The number of nitrogens with two attached hydrogens (primary N) is 1. The van der Waals surface area contributed by atoms with Gasteiger partial charge >= 0.3 is 0 Å². The van der Waals surface area contributed by atoms with Crippen molar-refractivity contribution in [2.24, 2.45) is 0 Å². The van der Waals surface area contributed by atoms with Crippen LogP contribution in [0.2, 0.25) is 0 Å². The van der Waals surface area contributed by atoms with E-state index in [0.717, 1.165) is 31.1 Å². The lowest BCUT2D eigenvalue weighted by atomic mass is 10.0. The lowest BCUT2D eigenvalue weighted by molar-refractivity contribution is 0.636. The Morgan fingerprint density at radius 3 is 2.95 bits per heavy atom. The molecule has 0 atom stereocenters. The van der Waals surface area contributed by atoms with E-state index >= 15 is 0 Å². The number of benzene rings is 1. The van der Waals surface area contributed by atoms with Crippen molar-refractivity contribution in [3.05, 3.63) is 41.6 Å². The fourth-order valence-corrected chi connectivity index (χ4v) is 2.79. The number of aromatic nitrogens is 2. The average Bonchev–Trinajstić information content (AvgIpc) is 2.79. The van der Waals surface area contributed by atoms with Gasteiger partial charge in [-0.25, -0.2) is 0 Å². The highest BCUT2D eigenvalue weighted by Crippen LogP contribution is 2.28. The maximum absolute atomic E-state index is 5.93. The minimum Gasteiger partial charge on any atom is -0.384 e. The van der Waals surface area contributed by atoms with E-state index in [4.69, 9.17) is 5.73 Å². The van der Waals surface area contributed by atoms with Crippen LogP contribution in [0.15, 0.2) is 30.3 Å². The van der Waals surface area contributed by atoms with E-state index in [1.54, 1.807) is 0 Å². The van der Waals surface area contributed by atoms with Gasteiger partial charge in [0, 0.05) is 24.8 Å². The Morgan fingerprint density at radius 1 is 1.32 bits per heavy atom. The molecule has 1 aliphatic rings. The van der Waals surface area contributed by atoms with Crippen LogP contribution in [-0.4, -0.2) is 16.3 Å². The summed E-state index contributed by atoms with van der Waals surface area (Å²) in [6, 6.07) is 10.6. The third-order valence-corrected chi connectivity index (χ3v) is 3.72. The lowest BCUT2D eigenvalue weighted by Gasteiger charge is -2.30. The lowest BCUT2D eigenvalue weighted by Crippen LogP contribution is -2.28. The van der Waals surface area contributed by atoms with Crippen LogP contribution in [0.4, 0.5) is 11.5 Å². The number of aryl methyl sites for hydroxylation is 2. The molecule has 0 saturated heterocycles. The van der Waals surface area contributed by atoms with E-state index in [1.807, 2.05) is 10.7 Å². The topological polar surface area (TPSA) is 47.1 Å². The van der Waals surface area contributed by atoms with Crippen molar-refractivity contribution in [1.82, 2.24) is 9.78 Å². The number of hydrogen-bond acceptors (Lipinski definition) is 3. The van der Waals surface area contributed by atoms with Crippen LogP contribution in [0.1, 0.15) is 24.6 Å². The highest BCUT2D eigenvalue weighted by molar-refractivity contribution is 5.55. The van der Waals surface area contributed by atoms with Crippen LogP contribution in [0.25, 0.3) is 0 Å². The SMILES string of the molecule is CCn1nc(CN2CCCc3ccccc32)cc1N. The molecule has 0 radical (unpaired) electrons. The first-order chi connectivity index (χ1) is 9.28. The minimum atomic E-state index is 0.753. The van der Waals surface area contributed by atoms with Crippen molar-refractivity contribution >= 4 is 11.5 Å². The molecule has 0 saturated carbocycles. The number of fused-ring (bicyclic) bond motifs is 1. The van der Waals surface area contributed by atoms with E-state index in [9.17, 15) is 0 Å². The van der Waals surface area contributed by atoms with Gasteiger partial charge in [-0.05, 0) is 31.4 Å². The van der Waals surface area contributed by atoms with Crippen LogP contribution < -0.4 is 10.6 Å². The molecule has 0 aliphatic carbocycles. The van der Waals surface area contributed by atoms with Crippen LogP contribution in [0.3, 0.4) is 0 Å². The number of anilines is 2. The summed E-state index contributed by atoms with van der Waals surface area (Å²) in [4.78, 5) is 2.40. The highest BCUT2D eigenvalue weighted by Gasteiger charge is 2.17. The molecule has 3 rings (SSSR count). The van der Waals surface area contributed by atoms with Crippen molar-refractivity contribution in [3.63, 3.8) is 0 Å². The molecule has 2 N–H and O–H groups in total. The second-order valence-electron chi connectivity index (χ2n) is 5.03. The molecule has 0 bridgehead atoms. The number of rotatable bonds is 3. The molecule has 0 unspecified atom stereocenters. The number of nitrogen functional groups attached to an aromatic ring is 1. The van der Waals surface area contributed by atoms with Gasteiger partial charge < -0.3 is 10.6 Å².